The van der Waals surface area contributed by atoms with Crippen LogP contribution >= 0.6 is 0 Å². The summed E-state index contributed by atoms with van der Waals surface area (Å²) in [6.07, 6.45) is 1.22. The maximum absolute atomic E-state index is 12.3. The topological polar surface area (TPSA) is 60.2 Å². The summed E-state index contributed by atoms with van der Waals surface area (Å²) in [5.74, 6) is 0. The smallest absolute Gasteiger partial charge is 0.190 e. The summed E-state index contributed by atoms with van der Waals surface area (Å²) in [5, 5.41) is 10.9. The SMILES string of the molecule is Cc1ccc(S(=O)(=O)C(C)/C=[N+](\[O-])C(C)(C)C)cc1. The van der Waals surface area contributed by atoms with Gasteiger partial charge in [-0.25, -0.2) is 13.2 Å². The fourth-order valence-electron chi connectivity index (χ4n) is 1.44. The molecule has 4 nitrogen and oxygen atoms in total. The van der Waals surface area contributed by atoms with Crippen molar-refractivity contribution in [2.75, 3.05) is 0 Å². The molecule has 0 aliphatic carbocycles. The molecule has 0 aromatic heterocycles. The number of rotatable bonds is 3. The monoisotopic (exact) mass is 283 g/mol. The molecule has 1 aromatic carbocycles. The number of hydroxylamine groups is 1. The van der Waals surface area contributed by atoms with Gasteiger partial charge in [0.25, 0.3) is 0 Å². The van der Waals surface area contributed by atoms with Crippen LogP contribution in [0.25, 0.3) is 0 Å². The predicted molar refractivity (Wildman–Crippen MR) is 77.3 cm³/mol. The highest BCUT2D eigenvalue weighted by molar-refractivity contribution is 7.92. The van der Waals surface area contributed by atoms with E-state index in [9.17, 15) is 13.6 Å². The summed E-state index contributed by atoms with van der Waals surface area (Å²) in [6, 6.07) is 6.64. The van der Waals surface area contributed by atoms with Crippen molar-refractivity contribution in [3.63, 3.8) is 0 Å². The lowest BCUT2D eigenvalue weighted by atomic mass is 10.1. The molecule has 5 heteroatoms. The summed E-state index contributed by atoms with van der Waals surface area (Å²) >= 11 is 0. The minimum absolute atomic E-state index is 0.240. The van der Waals surface area contributed by atoms with E-state index in [0.717, 1.165) is 5.56 Å². The zero-order valence-electron chi connectivity index (χ0n) is 12.0. The maximum Gasteiger partial charge on any atom is 0.190 e. The van der Waals surface area contributed by atoms with Crippen molar-refractivity contribution in [2.45, 2.75) is 50.3 Å². The van der Waals surface area contributed by atoms with Gasteiger partial charge >= 0.3 is 0 Å². The van der Waals surface area contributed by atoms with Crippen molar-refractivity contribution >= 4 is 16.1 Å². The molecule has 0 heterocycles. The van der Waals surface area contributed by atoms with E-state index in [1.165, 1.54) is 13.1 Å². The Balaban J connectivity index is 3.11. The largest absolute Gasteiger partial charge is 0.624 e. The molecule has 106 valence electrons. The number of sulfone groups is 1. The Bertz CT molecular complexity index is 566. The van der Waals surface area contributed by atoms with E-state index < -0.39 is 20.6 Å². The quantitative estimate of drug-likeness (QED) is 0.371. The van der Waals surface area contributed by atoms with Crippen molar-refractivity contribution in [1.29, 1.82) is 0 Å². The average Bonchev–Trinajstić information content (AvgIpc) is 2.28. The number of nitrogens with zero attached hydrogens (tertiary/aromatic N) is 1. The van der Waals surface area contributed by atoms with Gasteiger partial charge in [0.1, 0.15) is 5.25 Å². The van der Waals surface area contributed by atoms with Gasteiger partial charge in [0.2, 0.25) is 0 Å². The normalized spacial score (nSPS) is 15.3. The highest BCUT2D eigenvalue weighted by atomic mass is 32.2. The lowest BCUT2D eigenvalue weighted by molar-refractivity contribution is -0.531. The minimum atomic E-state index is -3.51. The van der Waals surface area contributed by atoms with Crippen LogP contribution in [0.5, 0.6) is 0 Å². The molecule has 0 radical (unpaired) electrons. The Morgan fingerprint density at radius 3 is 2.11 bits per heavy atom. The minimum Gasteiger partial charge on any atom is -0.624 e. The molecule has 0 amide bonds. The molecule has 0 N–H and O–H groups in total. The molecule has 0 saturated carbocycles. The van der Waals surface area contributed by atoms with Gasteiger partial charge in [0, 0.05) is 20.8 Å². The van der Waals surface area contributed by atoms with Gasteiger partial charge in [0.05, 0.1) is 4.90 Å². The molecular formula is C14H21NO3S. The molecule has 1 rings (SSSR count). The zero-order valence-corrected chi connectivity index (χ0v) is 12.9. The van der Waals surface area contributed by atoms with Crippen LogP contribution in [0.15, 0.2) is 29.2 Å². The fourth-order valence-corrected chi connectivity index (χ4v) is 2.65. The summed E-state index contributed by atoms with van der Waals surface area (Å²) in [4.78, 5) is 0.240. The van der Waals surface area contributed by atoms with Crippen molar-refractivity contribution < 1.29 is 13.2 Å². The highest BCUT2D eigenvalue weighted by Crippen LogP contribution is 2.16. The molecule has 19 heavy (non-hydrogen) atoms. The number of benzene rings is 1. The van der Waals surface area contributed by atoms with Crippen LogP contribution in [0.4, 0.5) is 0 Å². The molecule has 0 bridgehead atoms. The van der Waals surface area contributed by atoms with Crippen LogP contribution in [0, 0.1) is 12.1 Å². The lowest BCUT2D eigenvalue weighted by Crippen LogP contribution is -2.33. The first-order valence-electron chi connectivity index (χ1n) is 6.17. The third kappa shape index (κ3) is 3.80. The molecule has 1 atom stereocenters. The van der Waals surface area contributed by atoms with Crippen molar-refractivity contribution in [2.24, 2.45) is 0 Å². The average molecular weight is 283 g/mol. The van der Waals surface area contributed by atoms with Gasteiger partial charge in [-0.1, -0.05) is 17.7 Å². The Morgan fingerprint density at radius 1 is 1.21 bits per heavy atom. The third-order valence-corrected chi connectivity index (χ3v) is 4.88. The standard InChI is InChI=1S/C14H21NO3S/c1-11-6-8-13(9-7-11)19(17,18)12(2)10-15(16)14(3,4)5/h6-10,12H,1-5H3/b15-10-. The highest BCUT2D eigenvalue weighted by Gasteiger charge is 2.27. The summed E-state index contributed by atoms with van der Waals surface area (Å²) in [5.41, 5.74) is 0.354. The van der Waals surface area contributed by atoms with Gasteiger partial charge in [0.15, 0.2) is 21.6 Å². The van der Waals surface area contributed by atoms with Crippen molar-refractivity contribution in [1.82, 2.24) is 0 Å². The van der Waals surface area contributed by atoms with Crippen LogP contribution in [-0.4, -0.2) is 30.2 Å². The maximum atomic E-state index is 12.3. The van der Waals surface area contributed by atoms with E-state index in [2.05, 4.69) is 0 Å². The van der Waals surface area contributed by atoms with Gasteiger partial charge in [-0.2, -0.15) is 0 Å². The Hall–Kier alpha value is -1.36. The van der Waals surface area contributed by atoms with E-state index in [1.807, 2.05) is 6.92 Å². The van der Waals surface area contributed by atoms with Crippen molar-refractivity contribution in [3.05, 3.63) is 35.0 Å². The zero-order chi connectivity index (χ0) is 14.8. The number of hydrogen-bond donors (Lipinski definition) is 0. The van der Waals surface area contributed by atoms with Crippen LogP contribution in [0.3, 0.4) is 0 Å². The van der Waals surface area contributed by atoms with E-state index in [4.69, 9.17) is 0 Å². The molecule has 0 saturated heterocycles. The van der Waals surface area contributed by atoms with Gasteiger partial charge in [-0.05, 0) is 26.0 Å². The molecule has 0 fully saturated rings. The fraction of sp³-hybridized carbons (Fsp3) is 0.500. The van der Waals surface area contributed by atoms with E-state index in [1.54, 1.807) is 45.0 Å². The second kappa shape index (κ2) is 5.33. The lowest BCUT2D eigenvalue weighted by Gasteiger charge is -2.20. The molecule has 0 spiro atoms. The summed E-state index contributed by atoms with van der Waals surface area (Å²) in [7, 11) is -3.51. The van der Waals surface area contributed by atoms with E-state index in [0.29, 0.717) is 4.74 Å². The first kappa shape index (κ1) is 15.7. The number of hydrogen-bond acceptors (Lipinski definition) is 3. The summed E-state index contributed by atoms with van der Waals surface area (Å²) < 4.78 is 25.3. The second-order valence-corrected chi connectivity index (χ2v) is 8.01. The summed E-state index contributed by atoms with van der Waals surface area (Å²) in [6.45, 7) is 8.63. The molecule has 0 aliphatic heterocycles. The van der Waals surface area contributed by atoms with Crippen LogP contribution < -0.4 is 0 Å². The number of aryl methyl sites for hydroxylation is 1. The first-order valence-corrected chi connectivity index (χ1v) is 7.72. The van der Waals surface area contributed by atoms with Crippen LogP contribution in [0.2, 0.25) is 0 Å². The van der Waals surface area contributed by atoms with Gasteiger partial charge in [-0.15, -0.1) is 0 Å². The van der Waals surface area contributed by atoms with Gasteiger partial charge < -0.3 is 5.21 Å². The molecule has 0 aliphatic rings. The van der Waals surface area contributed by atoms with Crippen LogP contribution in [0.1, 0.15) is 33.3 Å². The van der Waals surface area contributed by atoms with Crippen LogP contribution in [-0.2, 0) is 9.84 Å². The van der Waals surface area contributed by atoms with Gasteiger partial charge in [-0.3, -0.25) is 0 Å². The molecule has 1 unspecified atom stereocenters. The Labute approximate surface area is 115 Å². The van der Waals surface area contributed by atoms with Crippen molar-refractivity contribution in [3.8, 4) is 0 Å². The second-order valence-electron chi connectivity index (χ2n) is 5.71. The Morgan fingerprint density at radius 2 is 1.68 bits per heavy atom. The molecular weight excluding hydrogens is 262 g/mol. The third-order valence-electron chi connectivity index (χ3n) is 2.85. The Kier molecular flexibility index (Phi) is 4.40. The van der Waals surface area contributed by atoms with E-state index in [-0.39, 0.29) is 4.90 Å². The predicted octanol–water partition coefficient (Wildman–Crippen LogP) is 2.54. The molecule has 1 aromatic rings. The first-order chi connectivity index (χ1) is 8.55. The van der Waals surface area contributed by atoms with E-state index >= 15 is 0 Å².